The number of nitrogens with zero attached hydrogens (tertiary/aromatic N) is 2. The molecule has 0 aliphatic heterocycles. The Morgan fingerprint density at radius 2 is 1.79 bits per heavy atom. The van der Waals surface area contributed by atoms with Crippen molar-refractivity contribution in [1.29, 1.82) is 0 Å². The van der Waals surface area contributed by atoms with E-state index in [4.69, 9.17) is 13.8 Å². The molecular formula is C28H39N3O4S3Si. The molecule has 0 saturated heterocycles. The Morgan fingerprint density at radius 3 is 2.36 bits per heavy atom. The highest BCUT2D eigenvalue weighted by atomic mass is 32.1. The lowest BCUT2D eigenvalue weighted by molar-refractivity contribution is 0.0507. The summed E-state index contributed by atoms with van der Waals surface area (Å²) in [5.74, 6) is 3.43. The van der Waals surface area contributed by atoms with Crippen LogP contribution in [-0.4, -0.2) is 41.9 Å². The number of fused-ring (bicyclic) bond motifs is 1. The van der Waals surface area contributed by atoms with Crippen molar-refractivity contribution in [2.75, 3.05) is 4.90 Å². The number of carbonyl (C=O) groups excluding carboxylic acids is 2. The van der Waals surface area contributed by atoms with Gasteiger partial charge in [-0.25, -0.2) is 9.59 Å². The summed E-state index contributed by atoms with van der Waals surface area (Å²) in [7, 11) is -1.67. The van der Waals surface area contributed by atoms with Crippen LogP contribution in [0.3, 0.4) is 0 Å². The fourth-order valence-electron chi connectivity index (χ4n) is 3.46. The molecule has 7 nitrogen and oxygen atoms in total. The molecule has 0 bridgehead atoms. The SMILES string of the molecule is CC(Cc1sc2c(N(Cc3cccs3)C(=O)OC(C)(C)C)snc2c1C#C[Si](C)(C)C)NC(=O)OC(C)(C)C. The maximum atomic E-state index is 13.4. The van der Waals surface area contributed by atoms with E-state index >= 15 is 0 Å². The average molecular weight is 606 g/mol. The molecule has 1 unspecified atom stereocenters. The summed E-state index contributed by atoms with van der Waals surface area (Å²) in [5.41, 5.74) is 3.94. The van der Waals surface area contributed by atoms with E-state index in [1.807, 2.05) is 66.0 Å². The molecule has 0 spiro atoms. The Hall–Kier alpha value is -2.39. The monoisotopic (exact) mass is 605 g/mol. The largest absolute Gasteiger partial charge is 0.444 e. The van der Waals surface area contributed by atoms with Crippen molar-refractivity contribution in [2.45, 2.75) is 98.3 Å². The lowest BCUT2D eigenvalue weighted by Crippen LogP contribution is -2.38. The highest BCUT2D eigenvalue weighted by Crippen LogP contribution is 2.42. The van der Waals surface area contributed by atoms with Gasteiger partial charge in [0.25, 0.3) is 0 Å². The number of anilines is 1. The summed E-state index contributed by atoms with van der Waals surface area (Å²) in [6, 6.07) is 3.80. The van der Waals surface area contributed by atoms with Gasteiger partial charge in [-0.1, -0.05) is 31.6 Å². The van der Waals surface area contributed by atoms with Crippen LogP contribution in [0.5, 0.6) is 0 Å². The number of hydrogen-bond acceptors (Lipinski definition) is 8. The Kier molecular flexibility index (Phi) is 9.58. The minimum absolute atomic E-state index is 0.185. The van der Waals surface area contributed by atoms with Crippen molar-refractivity contribution in [3.05, 3.63) is 32.8 Å². The van der Waals surface area contributed by atoms with E-state index in [1.165, 1.54) is 11.5 Å². The molecule has 1 atom stereocenters. The number of amides is 2. The summed E-state index contributed by atoms with van der Waals surface area (Å²) in [6.45, 7) is 20.1. The summed E-state index contributed by atoms with van der Waals surface area (Å²) < 4.78 is 16.9. The van der Waals surface area contributed by atoms with Gasteiger partial charge in [-0.3, -0.25) is 4.90 Å². The summed E-state index contributed by atoms with van der Waals surface area (Å²) in [6.07, 6.45) is -0.295. The molecule has 39 heavy (non-hydrogen) atoms. The second-order valence-corrected chi connectivity index (χ2v) is 20.1. The van der Waals surface area contributed by atoms with E-state index in [0.717, 1.165) is 30.5 Å². The zero-order chi connectivity index (χ0) is 29.2. The molecule has 2 amide bonds. The van der Waals surface area contributed by atoms with Crippen LogP contribution < -0.4 is 10.2 Å². The van der Waals surface area contributed by atoms with Gasteiger partial charge in [-0.15, -0.1) is 28.2 Å². The lowest BCUT2D eigenvalue weighted by Gasteiger charge is -2.26. The van der Waals surface area contributed by atoms with Gasteiger partial charge in [0, 0.05) is 22.2 Å². The molecule has 3 rings (SSSR count). The number of aromatic nitrogens is 1. The van der Waals surface area contributed by atoms with Gasteiger partial charge in [-0.2, -0.15) is 4.37 Å². The lowest BCUT2D eigenvalue weighted by atomic mass is 10.1. The predicted octanol–water partition coefficient (Wildman–Crippen LogP) is 8.05. The van der Waals surface area contributed by atoms with Crippen molar-refractivity contribution in [3.8, 4) is 11.5 Å². The fraction of sp³-hybridized carbons (Fsp3) is 0.536. The van der Waals surface area contributed by atoms with Crippen molar-refractivity contribution in [1.82, 2.24) is 9.69 Å². The fourth-order valence-corrected chi connectivity index (χ4v) is 6.99. The third kappa shape index (κ3) is 9.34. The maximum Gasteiger partial charge on any atom is 0.415 e. The molecule has 0 aromatic carbocycles. The third-order valence-electron chi connectivity index (χ3n) is 4.94. The van der Waals surface area contributed by atoms with Crippen LogP contribution in [0.1, 0.15) is 63.8 Å². The van der Waals surface area contributed by atoms with Crippen molar-refractivity contribution >= 4 is 69.7 Å². The minimum atomic E-state index is -1.67. The summed E-state index contributed by atoms with van der Waals surface area (Å²) >= 11 is 4.46. The van der Waals surface area contributed by atoms with Crippen LogP contribution >= 0.6 is 34.2 Å². The predicted molar refractivity (Wildman–Crippen MR) is 167 cm³/mol. The van der Waals surface area contributed by atoms with E-state index in [2.05, 4.69) is 36.4 Å². The molecule has 1 N–H and O–H groups in total. The molecule has 3 heterocycles. The number of carbonyl (C=O) groups is 2. The molecule has 212 valence electrons. The van der Waals surface area contributed by atoms with Crippen LogP contribution in [0, 0.1) is 11.5 Å². The second-order valence-electron chi connectivity index (χ2n) is 12.5. The number of ether oxygens (including phenoxy) is 2. The van der Waals surface area contributed by atoms with Gasteiger partial charge in [0.15, 0.2) is 0 Å². The number of hydrogen-bond donors (Lipinski definition) is 1. The Morgan fingerprint density at radius 1 is 1.13 bits per heavy atom. The van der Waals surface area contributed by atoms with Gasteiger partial charge >= 0.3 is 12.2 Å². The Bertz CT molecular complexity index is 1360. The van der Waals surface area contributed by atoms with E-state index in [9.17, 15) is 9.59 Å². The normalized spacial score (nSPS) is 13.0. The highest BCUT2D eigenvalue weighted by Gasteiger charge is 2.30. The molecular weight excluding hydrogens is 567 g/mol. The van der Waals surface area contributed by atoms with Gasteiger partial charge in [0.1, 0.15) is 29.8 Å². The first-order valence-electron chi connectivity index (χ1n) is 12.9. The summed E-state index contributed by atoms with van der Waals surface area (Å²) in [4.78, 5) is 29.5. The van der Waals surface area contributed by atoms with Crippen LogP contribution in [0.4, 0.5) is 14.6 Å². The number of rotatable bonds is 6. The van der Waals surface area contributed by atoms with Crippen molar-refractivity contribution in [2.24, 2.45) is 0 Å². The Labute approximate surface area is 245 Å². The zero-order valence-electron chi connectivity index (χ0n) is 24.5. The molecule has 11 heteroatoms. The van der Waals surface area contributed by atoms with Crippen LogP contribution in [0.2, 0.25) is 19.6 Å². The van der Waals surface area contributed by atoms with Gasteiger partial charge < -0.3 is 14.8 Å². The van der Waals surface area contributed by atoms with Crippen LogP contribution in [0.25, 0.3) is 10.2 Å². The van der Waals surface area contributed by atoms with Crippen LogP contribution in [-0.2, 0) is 22.4 Å². The maximum absolute atomic E-state index is 13.4. The van der Waals surface area contributed by atoms with Gasteiger partial charge in [0.2, 0.25) is 0 Å². The first kappa shape index (κ1) is 31.1. The second kappa shape index (κ2) is 12.0. The first-order valence-corrected chi connectivity index (χ1v) is 18.9. The molecule has 0 saturated carbocycles. The number of alkyl carbamates (subject to hydrolysis) is 1. The van der Waals surface area contributed by atoms with Crippen LogP contribution in [0.15, 0.2) is 17.5 Å². The van der Waals surface area contributed by atoms with E-state index < -0.39 is 31.5 Å². The smallest absolute Gasteiger partial charge is 0.415 e. The van der Waals surface area contributed by atoms with Gasteiger partial charge in [0.05, 0.1) is 16.8 Å². The standard InChI is InChI=1S/C28H39N3O4S3Si/c1-18(29-25(32)34-27(2,3)4)16-21-20(13-15-39(8,9)10)22-23(37-21)24(38-30-22)31(17-19-12-11-14-36-19)26(33)35-28(5,6)7/h11-12,14,18H,16-17H2,1-10H3,(H,29,32). The van der Waals surface area contributed by atoms with E-state index in [-0.39, 0.29) is 6.04 Å². The Balaban J connectivity index is 2.04. The number of thiophene rings is 2. The quantitative estimate of drug-likeness (QED) is 0.227. The summed E-state index contributed by atoms with van der Waals surface area (Å²) in [5, 5.41) is 5.68. The average Bonchev–Trinajstić information content (AvgIpc) is 3.44. The molecule has 3 aromatic heterocycles. The van der Waals surface area contributed by atoms with Crippen molar-refractivity contribution < 1.29 is 19.1 Å². The molecule has 0 aliphatic rings. The van der Waals surface area contributed by atoms with Gasteiger partial charge in [-0.05, 0) is 71.4 Å². The zero-order valence-corrected chi connectivity index (χ0v) is 27.9. The number of nitrogens with one attached hydrogen (secondary N) is 1. The molecule has 0 radical (unpaired) electrons. The highest BCUT2D eigenvalue weighted by molar-refractivity contribution is 7.25. The minimum Gasteiger partial charge on any atom is -0.444 e. The topological polar surface area (TPSA) is 80.8 Å². The first-order chi connectivity index (χ1) is 17.9. The third-order valence-corrected chi connectivity index (χ3v) is 8.89. The molecule has 0 fully saturated rings. The molecule has 0 aliphatic carbocycles. The van der Waals surface area contributed by atoms with E-state index in [1.54, 1.807) is 27.6 Å². The van der Waals surface area contributed by atoms with E-state index in [0.29, 0.717) is 13.0 Å². The van der Waals surface area contributed by atoms with Crippen molar-refractivity contribution in [3.63, 3.8) is 0 Å². The molecule has 3 aromatic rings.